The summed E-state index contributed by atoms with van der Waals surface area (Å²) in [6.07, 6.45) is 2.84. The van der Waals surface area contributed by atoms with Crippen LogP contribution in [-0.4, -0.2) is 22.0 Å². The standard InChI is InChI=1S/C15H22N2O3S/c1-4-14(3,12-16-10(2)9-21-12)17-11(18)8-15(13(19)20)6-5-7-15/h9H,4-8H2,1-3H3,(H,17,18)(H,19,20). The largest absolute Gasteiger partial charge is 0.481 e. The maximum atomic E-state index is 12.3. The van der Waals surface area contributed by atoms with Gasteiger partial charge in [-0.15, -0.1) is 11.3 Å². The molecule has 0 aliphatic heterocycles. The monoisotopic (exact) mass is 310 g/mol. The lowest BCUT2D eigenvalue weighted by molar-refractivity contribution is -0.158. The second kappa shape index (κ2) is 5.75. The number of carboxylic acids is 1. The molecule has 116 valence electrons. The molecule has 0 saturated heterocycles. The number of aryl methyl sites for hydroxylation is 1. The zero-order valence-corrected chi connectivity index (χ0v) is 13.5. The Bertz CT molecular complexity index is 551. The topological polar surface area (TPSA) is 79.3 Å². The molecule has 1 aliphatic rings. The molecule has 2 N–H and O–H groups in total. The second-order valence-corrected chi connectivity index (χ2v) is 7.00. The summed E-state index contributed by atoms with van der Waals surface area (Å²) in [5, 5.41) is 15.1. The number of rotatable bonds is 6. The molecule has 0 aromatic carbocycles. The number of hydrogen-bond acceptors (Lipinski definition) is 4. The van der Waals surface area contributed by atoms with Crippen molar-refractivity contribution >= 4 is 23.2 Å². The van der Waals surface area contributed by atoms with E-state index in [0.29, 0.717) is 19.3 Å². The van der Waals surface area contributed by atoms with Gasteiger partial charge in [0.15, 0.2) is 0 Å². The van der Waals surface area contributed by atoms with Crippen molar-refractivity contribution in [3.63, 3.8) is 0 Å². The molecule has 6 heteroatoms. The van der Waals surface area contributed by atoms with Crippen LogP contribution in [-0.2, 0) is 15.1 Å². The van der Waals surface area contributed by atoms with Crippen molar-refractivity contribution in [3.05, 3.63) is 16.1 Å². The van der Waals surface area contributed by atoms with Gasteiger partial charge in [-0.2, -0.15) is 0 Å². The van der Waals surface area contributed by atoms with E-state index in [4.69, 9.17) is 0 Å². The van der Waals surface area contributed by atoms with E-state index in [1.165, 1.54) is 11.3 Å². The summed E-state index contributed by atoms with van der Waals surface area (Å²) in [7, 11) is 0. The molecule has 0 spiro atoms. The van der Waals surface area contributed by atoms with E-state index in [9.17, 15) is 14.7 Å². The van der Waals surface area contributed by atoms with E-state index in [1.807, 2.05) is 26.2 Å². The van der Waals surface area contributed by atoms with Crippen LogP contribution in [0.2, 0.25) is 0 Å². The summed E-state index contributed by atoms with van der Waals surface area (Å²) in [6, 6.07) is 0. The van der Waals surface area contributed by atoms with Gasteiger partial charge in [-0.05, 0) is 33.1 Å². The van der Waals surface area contributed by atoms with E-state index in [2.05, 4.69) is 10.3 Å². The van der Waals surface area contributed by atoms with Crippen molar-refractivity contribution in [2.75, 3.05) is 0 Å². The van der Waals surface area contributed by atoms with Crippen LogP contribution in [0.4, 0.5) is 0 Å². The Hall–Kier alpha value is -1.43. The Kier molecular flexibility index (Phi) is 4.37. The van der Waals surface area contributed by atoms with Crippen LogP contribution >= 0.6 is 11.3 Å². The number of aliphatic carboxylic acids is 1. The van der Waals surface area contributed by atoms with Crippen LogP contribution < -0.4 is 5.32 Å². The Labute approximate surface area is 128 Å². The molecule has 1 amide bonds. The van der Waals surface area contributed by atoms with Gasteiger partial charge in [0, 0.05) is 17.5 Å². The second-order valence-electron chi connectivity index (χ2n) is 6.14. The van der Waals surface area contributed by atoms with E-state index in [-0.39, 0.29) is 12.3 Å². The highest BCUT2D eigenvalue weighted by molar-refractivity contribution is 7.09. The molecule has 1 fully saturated rings. The van der Waals surface area contributed by atoms with Gasteiger partial charge in [-0.25, -0.2) is 4.98 Å². The van der Waals surface area contributed by atoms with Crippen molar-refractivity contribution in [2.45, 2.75) is 58.4 Å². The number of amides is 1. The molecule has 1 aromatic rings. The fourth-order valence-corrected chi connectivity index (χ4v) is 3.62. The number of carbonyl (C=O) groups is 2. The van der Waals surface area contributed by atoms with E-state index in [0.717, 1.165) is 17.1 Å². The maximum absolute atomic E-state index is 12.3. The molecule has 1 aromatic heterocycles. The maximum Gasteiger partial charge on any atom is 0.310 e. The summed E-state index contributed by atoms with van der Waals surface area (Å²) in [6.45, 7) is 5.86. The molecular weight excluding hydrogens is 288 g/mol. The van der Waals surface area contributed by atoms with Gasteiger partial charge in [-0.1, -0.05) is 13.3 Å². The molecule has 1 heterocycles. The van der Waals surface area contributed by atoms with Gasteiger partial charge in [-0.3, -0.25) is 9.59 Å². The smallest absolute Gasteiger partial charge is 0.310 e. The number of nitrogens with zero attached hydrogens (tertiary/aromatic N) is 1. The molecule has 0 radical (unpaired) electrons. The van der Waals surface area contributed by atoms with E-state index < -0.39 is 16.9 Å². The van der Waals surface area contributed by atoms with Crippen molar-refractivity contribution in [1.82, 2.24) is 10.3 Å². The molecule has 21 heavy (non-hydrogen) atoms. The Morgan fingerprint density at radius 2 is 2.19 bits per heavy atom. The number of nitrogens with one attached hydrogen (secondary N) is 1. The highest BCUT2D eigenvalue weighted by Gasteiger charge is 2.46. The van der Waals surface area contributed by atoms with Gasteiger partial charge in [0.2, 0.25) is 5.91 Å². The fraction of sp³-hybridized carbons (Fsp3) is 0.667. The summed E-state index contributed by atoms with van der Waals surface area (Å²) >= 11 is 1.52. The predicted molar refractivity (Wildman–Crippen MR) is 81.2 cm³/mol. The summed E-state index contributed by atoms with van der Waals surface area (Å²) in [4.78, 5) is 28.1. The molecule has 0 bridgehead atoms. The third-order valence-electron chi connectivity index (χ3n) is 4.48. The summed E-state index contributed by atoms with van der Waals surface area (Å²) < 4.78 is 0. The van der Waals surface area contributed by atoms with Crippen molar-refractivity contribution < 1.29 is 14.7 Å². The molecule has 2 rings (SSSR count). The highest BCUT2D eigenvalue weighted by atomic mass is 32.1. The average Bonchev–Trinajstić information content (AvgIpc) is 2.80. The molecule has 1 unspecified atom stereocenters. The first-order valence-corrected chi connectivity index (χ1v) is 8.16. The summed E-state index contributed by atoms with van der Waals surface area (Å²) in [5.74, 6) is -1.05. The molecule has 1 atom stereocenters. The first kappa shape index (κ1) is 15.9. The van der Waals surface area contributed by atoms with Crippen molar-refractivity contribution in [1.29, 1.82) is 0 Å². The zero-order chi connectivity index (χ0) is 15.7. The lowest BCUT2D eigenvalue weighted by Gasteiger charge is -2.38. The fourth-order valence-electron chi connectivity index (χ4n) is 2.63. The van der Waals surface area contributed by atoms with Crippen LogP contribution in [0.1, 0.15) is 56.7 Å². The first-order chi connectivity index (χ1) is 9.81. The third kappa shape index (κ3) is 3.10. The van der Waals surface area contributed by atoms with Gasteiger partial charge in [0.25, 0.3) is 0 Å². The lowest BCUT2D eigenvalue weighted by atomic mass is 9.66. The molecular formula is C15H22N2O3S. The van der Waals surface area contributed by atoms with Gasteiger partial charge in [0.05, 0.1) is 11.0 Å². The molecule has 1 saturated carbocycles. The normalized spacial score (nSPS) is 19.4. The van der Waals surface area contributed by atoms with Crippen LogP contribution in [0.5, 0.6) is 0 Å². The van der Waals surface area contributed by atoms with Gasteiger partial charge < -0.3 is 10.4 Å². The van der Waals surface area contributed by atoms with Gasteiger partial charge >= 0.3 is 5.97 Å². The minimum atomic E-state index is -0.854. The Balaban J connectivity index is 2.08. The molecule has 1 aliphatic carbocycles. The van der Waals surface area contributed by atoms with E-state index in [1.54, 1.807) is 0 Å². The van der Waals surface area contributed by atoms with Crippen LogP contribution in [0, 0.1) is 12.3 Å². The number of carbonyl (C=O) groups excluding carboxylic acids is 1. The average molecular weight is 310 g/mol. The number of thiazole rings is 1. The van der Waals surface area contributed by atoms with Crippen LogP contribution in [0.3, 0.4) is 0 Å². The minimum Gasteiger partial charge on any atom is -0.481 e. The number of carboxylic acid groups (broad SMARTS) is 1. The highest BCUT2D eigenvalue weighted by Crippen LogP contribution is 2.44. The number of hydrogen-bond donors (Lipinski definition) is 2. The third-order valence-corrected chi connectivity index (χ3v) is 5.70. The quantitative estimate of drug-likeness (QED) is 0.847. The SMILES string of the molecule is CCC(C)(NC(=O)CC1(C(=O)O)CCC1)c1nc(C)cs1. The predicted octanol–water partition coefficient (Wildman–Crippen LogP) is 2.84. The summed E-state index contributed by atoms with van der Waals surface area (Å²) in [5.41, 5.74) is -0.443. The Morgan fingerprint density at radius 3 is 2.57 bits per heavy atom. The Morgan fingerprint density at radius 1 is 1.52 bits per heavy atom. The first-order valence-electron chi connectivity index (χ1n) is 7.28. The van der Waals surface area contributed by atoms with E-state index >= 15 is 0 Å². The minimum absolute atomic E-state index is 0.0578. The van der Waals surface area contributed by atoms with Crippen molar-refractivity contribution in [3.8, 4) is 0 Å². The lowest BCUT2D eigenvalue weighted by Crippen LogP contribution is -2.48. The number of aromatic nitrogens is 1. The van der Waals surface area contributed by atoms with Crippen LogP contribution in [0.25, 0.3) is 0 Å². The van der Waals surface area contributed by atoms with Crippen molar-refractivity contribution in [2.24, 2.45) is 5.41 Å². The molecule has 5 nitrogen and oxygen atoms in total. The van der Waals surface area contributed by atoms with Gasteiger partial charge in [0.1, 0.15) is 5.01 Å². The van der Waals surface area contributed by atoms with Crippen LogP contribution in [0.15, 0.2) is 5.38 Å². The zero-order valence-electron chi connectivity index (χ0n) is 12.7.